The Balaban J connectivity index is 1.72. The maximum atomic E-state index is 14.2. The summed E-state index contributed by atoms with van der Waals surface area (Å²) >= 11 is 0. The van der Waals surface area contributed by atoms with Crippen LogP contribution in [0.15, 0.2) is 65.6 Å². The van der Waals surface area contributed by atoms with Gasteiger partial charge in [0, 0.05) is 36.8 Å². The highest BCUT2D eigenvalue weighted by molar-refractivity contribution is 6.07. The Morgan fingerprint density at radius 3 is 2.17 bits per heavy atom. The van der Waals surface area contributed by atoms with E-state index in [-0.39, 0.29) is 41.8 Å². The number of halogens is 6. The number of nitrogens with zero attached hydrogens (tertiary/aromatic N) is 3. The molecular formula is C30H25F6N3O2. The highest BCUT2D eigenvalue weighted by Gasteiger charge is 2.37. The van der Waals surface area contributed by atoms with Crippen molar-refractivity contribution >= 4 is 16.8 Å². The first-order valence-electron chi connectivity index (χ1n) is 12.9. The summed E-state index contributed by atoms with van der Waals surface area (Å²) in [6.07, 6.45) is -8.19. The topological polar surface area (TPSA) is 55.2 Å². The highest BCUT2D eigenvalue weighted by Crippen LogP contribution is 2.37. The molecule has 214 valence electrons. The smallest absolute Gasteiger partial charge is 0.333 e. The average molecular weight is 574 g/mol. The van der Waals surface area contributed by atoms with Crippen LogP contribution in [0.1, 0.15) is 46.1 Å². The molecule has 5 nitrogen and oxygen atoms in total. The van der Waals surface area contributed by atoms with E-state index in [2.05, 4.69) is 4.98 Å². The number of alkyl halides is 6. The molecule has 0 bridgehead atoms. The number of rotatable bonds is 3. The third-order valence-corrected chi connectivity index (χ3v) is 7.27. The van der Waals surface area contributed by atoms with Crippen LogP contribution in [0.25, 0.3) is 22.0 Å². The molecule has 1 aliphatic heterocycles. The molecular weight excluding hydrogens is 548 g/mol. The predicted octanol–water partition coefficient (Wildman–Crippen LogP) is 7.09. The van der Waals surface area contributed by atoms with Gasteiger partial charge >= 0.3 is 12.4 Å². The molecule has 1 aliphatic rings. The van der Waals surface area contributed by atoms with Crippen molar-refractivity contribution in [2.75, 3.05) is 6.54 Å². The SMILES string of the molecule is Cc1ccc(-c2c3n(c(=O)c4ncccc24)CC(C)CCN(Cc2cc(C(F)(F)F)cc(C(F)(F)F)c2)C3=O)cc1. The number of pyridine rings is 2. The van der Waals surface area contributed by atoms with Crippen LogP contribution in [-0.4, -0.2) is 26.9 Å². The van der Waals surface area contributed by atoms with Crippen molar-refractivity contribution in [2.45, 2.75) is 45.7 Å². The first-order valence-corrected chi connectivity index (χ1v) is 12.9. The molecule has 0 N–H and O–H groups in total. The van der Waals surface area contributed by atoms with Gasteiger partial charge in [-0.05, 0) is 54.7 Å². The van der Waals surface area contributed by atoms with Gasteiger partial charge in [-0.2, -0.15) is 26.3 Å². The van der Waals surface area contributed by atoms with Crippen LogP contribution in [0.2, 0.25) is 0 Å². The Labute approximate surface area is 231 Å². The van der Waals surface area contributed by atoms with Crippen molar-refractivity contribution in [1.29, 1.82) is 0 Å². The number of carbonyl (C=O) groups is 1. The van der Waals surface area contributed by atoms with Gasteiger partial charge < -0.3 is 9.47 Å². The third kappa shape index (κ3) is 5.57. The Bertz CT molecular complexity index is 1660. The second-order valence-electron chi connectivity index (χ2n) is 10.4. The summed E-state index contributed by atoms with van der Waals surface area (Å²) in [5.74, 6) is -0.803. The molecule has 0 radical (unpaired) electrons. The molecule has 0 saturated carbocycles. The first-order chi connectivity index (χ1) is 19.2. The summed E-state index contributed by atoms with van der Waals surface area (Å²) in [7, 11) is 0. The third-order valence-electron chi connectivity index (χ3n) is 7.27. The first kappa shape index (κ1) is 28.4. The van der Waals surface area contributed by atoms with Crippen molar-refractivity contribution in [3.8, 4) is 11.1 Å². The van der Waals surface area contributed by atoms with Gasteiger partial charge in [0.15, 0.2) is 0 Å². The highest BCUT2D eigenvalue weighted by atomic mass is 19.4. The maximum absolute atomic E-state index is 14.2. The lowest BCUT2D eigenvalue weighted by molar-refractivity contribution is -0.143. The van der Waals surface area contributed by atoms with Crippen LogP contribution in [0.3, 0.4) is 0 Å². The van der Waals surface area contributed by atoms with E-state index in [1.165, 1.54) is 15.7 Å². The summed E-state index contributed by atoms with van der Waals surface area (Å²) in [6, 6.07) is 11.9. The summed E-state index contributed by atoms with van der Waals surface area (Å²) in [4.78, 5) is 33.3. The average Bonchev–Trinajstić information content (AvgIpc) is 2.91. The molecule has 1 unspecified atom stereocenters. The normalized spacial score (nSPS) is 16.4. The quantitative estimate of drug-likeness (QED) is 0.246. The fourth-order valence-electron chi connectivity index (χ4n) is 5.19. The summed E-state index contributed by atoms with van der Waals surface area (Å²) in [5, 5.41) is 0.424. The zero-order chi connectivity index (χ0) is 29.7. The fourth-order valence-corrected chi connectivity index (χ4v) is 5.19. The Morgan fingerprint density at radius 1 is 0.927 bits per heavy atom. The van der Waals surface area contributed by atoms with E-state index in [1.807, 2.05) is 26.0 Å². The van der Waals surface area contributed by atoms with Gasteiger partial charge in [0.2, 0.25) is 0 Å². The molecule has 11 heteroatoms. The Kier molecular flexibility index (Phi) is 7.17. The number of amides is 1. The minimum absolute atomic E-state index is 0.0222. The van der Waals surface area contributed by atoms with E-state index in [0.717, 1.165) is 5.56 Å². The van der Waals surface area contributed by atoms with Gasteiger partial charge in [-0.1, -0.05) is 42.8 Å². The van der Waals surface area contributed by atoms with Crippen LogP contribution in [0.5, 0.6) is 0 Å². The number of hydrogen-bond donors (Lipinski definition) is 0. The van der Waals surface area contributed by atoms with Gasteiger partial charge in [-0.15, -0.1) is 0 Å². The second-order valence-corrected chi connectivity index (χ2v) is 10.4. The van der Waals surface area contributed by atoms with Crippen LogP contribution in [0.4, 0.5) is 26.3 Å². The van der Waals surface area contributed by atoms with Crippen molar-refractivity contribution in [3.63, 3.8) is 0 Å². The van der Waals surface area contributed by atoms with E-state index in [0.29, 0.717) is 35.1 Å². The summed E-state index contributed by atoms with van der Waals surface area (Å²) in [6.45, 7) is 3.52. The number of benzene rings is 2. The molecule has 0 fully saturated rings. The lowest BCUT2D eigenvalue weighted by Crippen LogP contribution is -2.41. The second kappa shape index (κ2) is 10.4. The van der Waals surface area contributed by atoms with E-state index in [1.54, 1.807) is 24.3 Å². The largest absolute Gasteiger partial charge is 0.416 e. The van der Waals surface area contributed by atoms with E-state index >= 15 is 0 Å². The van der Waals surface area contributed by atoms with Crippen molar-refractivity contribution in [3.05, 3.63) is 99.1 Å². The van der Waals surface area contributed by atoms with Gasteiger partial charge in [0.1, 0.15) is 11.2 Å². The number of carbonyl (C=O) groups excluding carboxylic acids is 1. The lowest BCUT2D eigenvalue weighted by atomic mass is 9.95. The van der Waals surface area contributed by atoms with Crippen LogP contribution in [-0.2, 0) is 25.4 Å². The van der Waals surface area contributed by atoms with E-state index in [9.17, 15) is 35.9 Å². The molecule has 1 amide bonds. The Morgan fingerprint density at radius 2 is 1.56 bits per heavy atom. The van der Waals surface area contributed by atoms with Crippen molar-refractivity contribution < 1.29 is 31.1 Å². The van der Waals surface area contributed by atoms with Crippen molar-refractivity contribution in [2.24, 2.45) is 5.92 Å². The van der Waals surface area contributed by atoms with Crippen LogP contribution in [0, 0.1) is 12.8 Å². The molecule has 1 atom stereocenters. The number of aromatic nitrogens is 2. The van der Waals surface area contributed by atoms with Gasteiger partial charge in [0.05, 0.1) is 11.1 Å². The fraction of sp³-hybridized carbons (Fsp3) is 0.300. The van der Waals surface area contributed by atoms with E-state index < -0.39 is 41.5 Å². The molecule has 3 heterocycles. The minimum Gasteiger partial charge on any atom is -0.333 e. The molecule has 2 aromatic carbocycles. The van der Waals surface area contributed by atoms with Crippen LogP contribution < -0.4 is 5.56 Å². The molecule has 0 aliphatic carbocycles. The zero-order valence-corrected chi connectivity index (χ0v) is 22.1. The van der Waals surface area contributed by atoms with E-state index in [4.69, 9.17) is 0 Å². The molecule has 0 saturated heterocycles. The summed E-state index contributed by atoms with van der Waals surface area (Å²) < 4.78 is 82.5. The summed E-state index contributed by atoms with van der Waals surface area (Å²) in [5.41, 5.74) is -1.53. The molecule has 41 heavy (non-hydrogen) atoms. The molecule has 0 spiro atoms. The van der Waals surface area contributed by atoms with Gasteiger partial charge in [-0.3, -0.25) is 14.6 Å². The molecule has 4 aromatic rings. The van der Waals surface area contributed by atoms with Gasteiger partial charge in [-0.25, -0.2) is 0 Å². The van der Waals surface area contributed by atoms with Crippen molar-refractivity contribution in [1.82, 2.24) is 14.5 Å². The molecule has 5 rings (SSSR count). The predicted molar refractivity (Wildman–Crippen MR) is 141 cm³/mol. The maximum Gasteiger partial charge on any atom is 0.416 e. The van der Waals surface area contributed by atoms with Crippen LogP contribution >= 0.6 is 0 Å². The minimum atomic E-state index is -5.02. The molecule has 2 aromatic heterocycles. The Hall–Kier alpha value is -4.15. The lowest BCUT2D eigenvalue weighted by Gasteiger charge is -2.31. The monoisotopic (exact) mass is 573 g/mol. The number of aryl methyl sites for hydroxylation is 1. The standard InChI is InChI=1S/C30H25F6N3O2/c1-17-5-7-20(8-6-17)24-23-4-3-10-37-25(23)27(40)39-15-18(2)9-11-38(28(41)26(24)39)16-19-12-21(29(31,32)33)14-22(13-19)30(34,35)36/h3-8,10,12-14,18H,9,11,15-16H2,1-2H3. The van der Waals surface area contributed by atoms with Gasteiger partial charge in [0.25, 0.3) is 11.5 Å². The number of fused-ring (bicyclic) bond motifs is 2. The zero-order valence-electron chi connectivity index (χ0n) is 22.1. The number of hydrogen-bond acceptors (Lipinski definition) is 3.